The smallest absolute Gasteiger partial charge is 0.326 e. The number of hydrogen-bond acceptors (Lipinski definition) is 6. The van der Waals surface area contributed by atoms with E-state index in [9.17, 15) is 19.2 Å². The van der Waals surface area contributed by atoms with Gasteiger partial charge in [-0.25, -0.2) is 4.79 Å². The highest BCUT2D eigenvalue weighted by Crippen LogP contribution is 2.01. The third-order valence-corrected chi connectivity index (χ3v) is 3.42. The maximum Gasteiger partial charge on any atom is 0.326 e. The first-order valence-electron chi connectivity index (χ1n) is 9.05. The molecule has 3 amide bonds. The van der Waals surface area contributed by atoms with E-state index < -0.39 is 17.9 Å². The van der Waals surface area contributed by atoms with Gasteiger partial charge < -0.3 is 30.5 Å². The summed E-state index contributed by atoms with van der Waals surface area (Å²) >= 11 is 0. The number of carboxylic acids is 1. The van der Waals surface area contributed by atoms with Crippen LogP contribution in [0.3, 0.4) is 0 Å². The minimum atomic E-state index is -1.11. The van der Waals surface area contributed by atoms with E-state index in [1.165, 1.54) is 6.92 Å². The van der Waals surface area contributed by atoms with Crippen molar-refractivity contribution < 1.29 is 33.8 Å². The van der Waals surface area contributed by atoms with Crippen molar-refractivity contribution in [3.05, 3.63) is 0 Å². The van der Waals surface area contributed by atoms with Crippen molar-refractivity contribution in [3.8, 4) is 0 Å². The van der Waals surface area contributed by atoms with Gasteiger partial charge in [0.05, 0.1) is 19.8 Å². The first-order chi connectivity index (χ1) is 12.9. The molecule has 0 rings (SSSR count). The summed E-state index contributed by atoms with van der Waals surface area (Å²) in [6, 6.07) is -0.989. The quantitative estimate of drug-likeness (QED) is 0.259. The molecule has 0 aliphatic heterocycles. The molecule has 10 nitrogen and oxygen atoms in total. The fourth-order valence-corrected chi connectivity index (χ4v) is 2.00. The number of nitrogens with one attached hydrogen (secondary N) is 3. The molecule has 27 heavy (non-hydrogen) atoms. The largest absolute Gasteiger partial charge is 0.480 e. The van der Waals surface area contributed by atoms with Crippen LogP contribution in [0.5, 0.6) is 0 Å². The van der Waals surface area contributed by atoms with Crippen LogP contribution in [0.15, 0.2) is 0 Å². The normalized spacial score (nSPS) is 11.5. The van der Waals surface area contributed by atoms with Crippen LogP contribution in [-0.4, -0.2) is 74.4 Å². The highest BCUT2D eigenvalue weighted by molar-refractivity contribution is 5.84. The number of carbonyl (C=O) groups is 4. The van der Waals surface area contributed by atoms with Gasteiger partial charge in [-0.15, -0.1) is 0 Å². The lowest BCUT2D eigenvalue weighted by molar-refractivity contribution is -0.142. The van der Waals surface area contributed by atoms with Gasteiger partial charge in [0.15, 0.2) is 0 Å². The molecule has 0 heterocycles. The summed E-state index contributed by atoms with van der Waals surface area (Å²) in [7, 11) is 0. The Morgan fingerprint density at radius 1 is 0.926 bits per heavy atom. The molecule has 0 radical (unpaired) electrons. The Bertz CT molecular complexity index is 471. The molecule has 0 fully saturated rings. The lowest BCUT2D eigenvalue weighted by Crippen LogP contribution is -2.42. The van der Waals surface area contributed by atoms with Crippen molar-refractivity contribution in [2.75, 3.05) is 39.5 Å². The van der Waals surface area contributed by atoms with E-state index in [2.05, 4.69) is 16.0 Å². The van der Waals surface area contributed by atoms with Crippen LogP contribution in [0, 0.1) is 0 Å². The van der Waals surface area contributed by atoms with E-state index in [1.54, 1.807) is 6.92 Å². The van der Waals surface area contributed by atoms with Crippen LogP contribution >= 0.6 is 0 Å². The molecular formula is C17H31N3O7. The van der Waals surface area contributed by atoms with Gasteiger partial charge in [0.2, 0.25) is 17.7 Å². The predicted octanol–water partition coefficient (Wildman–Crippen LogP) is -0.578. The number of rotatable bonds is 16. The molecule has 0 aromatic rings. The highest BCUT2D eigenvalue weighted by Gasteiger charge is 2.19. The van der Waals surface area contributed by atoms with Crippen molar-refractivity contribution in [1.82, 2.24) is 16.0 Å². The molecule has 0 saturated carbocycles. The molecule has 156 valence electrons. The van der Waals surface area contributed by atoms with Crippen molar-refractivity contribution in [3.63, 3.8) is 0 Å². The molecule has 0 saturated heterocycles. The maximum absolute atomic E-state index is 11.7. The third-order valence-electron chi connectivity index (χ3n) is 3.42. The van der Waals surface area contributed by atoms with E-state index in [1.807, 2.05) is 0 Å². The van der Waals surface area contributed by atoms with Gasteiger partial charge >= 0.3 is 5.97 Å². The Kier molecular flexibility index (Phi) is 14.7. The van der Waals surface area contributed by atoms with Crippen molar-refractivity contribution in [2.24, 2.45) is 0 Å². The SMILES string of the molecule is CCC(=O)NCCCCC(NC(=O)COCCOCCNC(C)=O)C(=O)O. The summed E-state index contributed by atoms with van der Waals surface area (Å²) in [6.07, 6.45) is 1.88. The molecule has 1 unspecified atom stereocenters. The summed E-state index contributed by atoms with van der Waals surface area (Å²) in [6.45, 7) is 4.58. The second-order valence-electron chi connectivity index (χ2n) is 5.81. The lowest BCUT2D eigenvalue weighted by Gasteiger charge is -2.14. The van der Waals surface area contributed by atoms with Crippen LogP contribution in [0.1, 0.15) is 39.5 Å². The van der Waals surface area contributed by atoms with Gasteiger partial charge in [0.25, 0.3) is 0 Å². The van der Waals surface area contributed by atoms with Crippen LogP contribution < -0.4 is 16.0 Å². The third kappa shape index (κ3) is 15.7. The van der Waals surface area contributed by atoms with E-state index >= 15 is 0 Å². The number of hydrogen-bond donors (Lipinski definition) is 4. The summed E-state index contributed by atoms with van der Waals surface area (Å²) in [5.41, 5.74) is 0. The minimum Gasteiger partial charge on any atom is -0.480 e. The second-order valence-corrected chi connectivity index (χ2v) is 5.81. The van der Waals surface area contributed by atoms with Gasteiger partial charge in [0, 0.05) is 26.4 Å². The number of unbranched alkanes of at least 4 members (excludes halogenated alkanes) is 1. The lowest BCUT2D eigenvalue weighted by atomic mass is 10.1. The monoisotopic (exact) mass is 389 g/mol. The molecule has 0 aromatic heterocycles. The van der Waals surface area contributed by atoms with Crippen molar-refractivity contribution >= 4 is 23.7 Å². The topological polar surface area (TPSA) is 143 Å². The maximum atomic E-state index is 11.7. The first kappa shape index (κ1) is 24.8. The van der Waals surface area contributed by atoms with Crippen molar-refractivity contribution in [2.45, 2.75) is 45.6 Å². The number of aliphatic carboxylic acids is 1. The number of carbonyl (C=O) groups excluding carboxylic acids is 3. The Labute approximate surface area is 159 Å². The molecule has 1 atom stereocenters. The number of amides is 3. The summed E-state index contributed by atoms with van der Waals surface area (Å²) in [5, 5.41) is 16.9. The minimum absolute atomic E-state index is 0.0469. The van der Waals surface area contributed by atoms with Gasteiger partial charge in [-0.1, -0.05) is 6.92 Å². The number of ether oxygens (including phenoxy) is 2. The molecular weight excluding hydrogens is 358 g/mol. The zero-order valence-electron chi connectivity index (χ0n) is 16.0. The second kappa shape index (κ2) is 16.0. The summed E-state index contributed by atoms with van der Waals surface area (Å²) in [5.74, 6) is -1.80. The summed E-state index contributed by atoms with van der Waals surface area (Å²) in [4.78, 5) is 44.7. The van der Waals surface area contributed by atoms with E-state index in [-0.39, 0.29) is 38.1 Å². The average Bonchev–Trinajstić information content (AvgIpc) is 2.61. The van der Waals surface area contributed by atoms with Crippen LogP contribution in [0.4, 0.5) is 0 Å². The number of carboxylic acid groups (broad SMARTS) is 1. The Morgan fingerprint density at radius 2 is 1.63 bits per heavy atom. The van der Waals surface area contributed by atoms with Gasteiger partial charge in [-0.2, -0.15) is 0 Å². The zero-order chi connectivity index (χ0) is 20.5. The van der Waals surface area contributed by atoms with Gasteiger partial charge in [-0.05, 0) is 19.3 Å². The molecule has 0 aromatic carbocycles. The summed E-state index contributed by atoms with van der Waals surface area (Å²) < 4.78 is 10.3. The molecule has 0 aliphatic rings. The van der Waals surface area contributed by atoms with Crippen molar-refractivity contribution in [1.29, 1.82) is 0 Å². The standard InChI is InChI=1S/C17H31N3O7/c1-3-15(22)19-7-5-4-6-14(17(24)25)20-16(23)12-27-11-10-26-9-8-18-13(2)21/h14H,3-12H2,1-2H3,(H,18,21)(H,19,22)(H,20,23)(H,24,25). The highest BCUT2D eigenvalue weighted by atomic mass is 16.5. The predicted molar refractivity (Wildman–Crippen MR) is 97.0 cm³/mol. The zero-order valence-corrected chi connectivity index (χ0v) is 16.0. The molecule has 0 aliphatic carbocycles. The van der Waals surface area contributed by atoms with Gasteiger partial charge in [-0.3, -0.25) is 14.4 Å². The fourth-order valence-electron chi connectivity index (χ4n) is 2.00. The average molecular weight is 389 g/mol. The van der Waals surface area contributed by atoms with Crippen LogP contribution in [0.2, 0.25) is 0 Å². The van der Waals surface area contributed by atoms with Crippen LogP contribution in [-0.2, 0) is 28.7 Å². The van der Waals surface area contributed by atoms with Gasteiger partial charge in [0.1, 0.15) is 12.6 Å². The first-order valence-corrected chi connectivity index (χ1v) is 9.05. The van der Waals surface area contributed by atoms with Crippen LogP contribution in [0.25, 0.3) is 0 Å². The van der Waals surface area contributed by atoms with E-state index in [0.717, 1.165) is 0 Å². The Hall–Kier alpha value is -2.20. The molecule has 0 bridgehead atoms. The molecule has 4 N–H and O–H groups in total. The van der Waals surface area contributed by atoms with E-state index in [0.29, 0.717) is 39.0 Å². The molecule has 0 spiro atoms. The van der Waals surface area contributed by atoms with E-state index in [4.69, 9.17) is 14.6 Å². The molecule has 10 heteroatoms. The fraction of sp³-hybridized carbons (Fsp3) is 0.765. The Morgan fingerprint density at radius 3 is 2.26 bits per heavy atom. The Balaban J connectivity index is 3.78.